The molecule has 27 heavy (non-hydrogen) atoms. The summed E-state index contributed by atoms with van der Waals surface area (Å²) < 4.78 is 15.5. The molecule has 1 N–H and O–H groups in total. The van der Waals surface area contributed by atoms with Gasteiger partial charge in [-0.1, -0.05) is 12.1 Å². The van der Waals surface area contributed by atoms with E-state index in [2.05, 4.69) is 5.32 Å². The highest BCUT2D eigenvalue weighted by Gasteiger charge is 2.31. The standard InChI is InChI=1S/C20H22N2O5/c1-25-10-9-22-12-13-5-4-6-15(18(13)20(22)24)19(23)21-16-8-7-14(26-2)11-17(16)27-3/h4-8,11H,9-10,12H2,1-3H3,(H,21,23). The predicted octanol–water partition coefficient (Wildman–Crippen LogP) is 2.56. The molecule has 1 heterocycles. The summed E-state index contributed by atoms with van der Waals surface area (Å²) in [4.78, 5) is 27.3. The fraction of sp³-hybridized carbons (Fsp3) is 0.300. The van der Waals surface area contributed by atoms with Crippen molar-refractivity contribution < 1.29 is 23.8 Å². The van der Waals surface area contributed by atoms with Gasteiger partial charge in [0.05, 0.1) is 37.6 Å². The van der Waals surface area contributed by atoms with Crippen LogP contribution in [0.1, 0.15) is 26.3 Å². The quantitative estimate of drug-likeness (QED) is 0.811. The summed E-state index contributed by atoms with van der Waals surface area (Å²) in [6.07, 6.45) is 0. The van der Waals surface area contributed by atoms with E-state index in [0.29, 0.717) is 48.0 Å². The first-order valence-corrected chi connectivity index (χ1v) is 8.52. The maximum Gasteiger partial charge on any atom is 0.256 e. The Labute approximate surface area is 157 Å². The van der Waals surface area contributed by atoms with Crippen LogP contribution in [0.2, 0.25) is 0 Å². The van der Waals surface area contributed by atoms with Crippen molar-refractivity contribution in [2.24, 2.45) is 0 Å². The molecule has 2 amide bonds. The highest BCUT2D eigenvalue weighted by molar-refractivity contribution is 6.14. The first-order chi connectivity index (χ1) is 13.1. The molecule has 7 heteroatoms. The maximum atomic E-state index is 12.9. The lowest BCUT2D eigenvalue weighted by molar-refractivity contribution is 0.0716. The van der Waals surface area contributed by atoms with Crippen LogP contribution in [-0.4, -0.2) is 51.2 Å². The summed E-state index contributed by atoms with van der Waals surface area (Å²) in [5.41, 5.74) is 2.13. The molecule has 0 saturated carbocycles. The molecule has 0 unspecified atom stereocenters. The summed E-state index contributed by atoms with van der Waals surface area (Å²) >= 11 is 0. The van der Waals surface area contributed by atoms with Gasteiger partial charge in [0.1, 0.15) is 11.5 Å². The van der Waals surface area contributed by atoms with Gasteiger partial charge in [0.25, 0.3) is 11.8 Å². The molecule has 2 aromatic carbocycles. The number of rotatable bonds is 7. The molecule has 0 saturated heterocycles. The Morgan fingerprint density at radius 3 is 2.67 bits per heavy atom. The summed E-state index contributed by atoms with van der Waals surface area (Å²) in [6.45, 7) is 1.41. The van der Waals surface area contributed by atoms with Gasteiger partial charge in [0.15, 0.2) is 0 Å². The van der Waals surface area contributed by atoms with E-state index in [-0.39, 0.29) is 11.8 Å². The van der Waals surface area contributed by atoms with Crippen LogP contribution in [0.15, 0.2) is 36.4 Å². The van der Waals surface area contributed by atoms with E-state index in [4.69, 9.17) is 14.2 Å². The molecular weight excluding hydrogens is 348 g/mol. The molecule has 0 aromatic heterocycles. The van der Waals surface area contributed by atoms with Gasteiger partial charge in [-0.05, 0) is 23.8 Å². The number of fused-ring (bicyclic) bond motifs is 1. The Kier molecular flexibility index (Phi) is 5.61. The van der Waals surface area contributed by atoms with Crippen molar-refractivity contribution in [2.75, 3.05) is 39.8 Å². The van der Waals surface area contributed by atoms with Crippen LogP contribution < -0.4 is 14.8 Å². The molecule has 1 aliphatic rings. The number of hydrogen-bond acceptors (Lipinski definition) is 5. The van der Waals surface area contributed by atoms with Crippen LogP contribution in [0.4, 0.5) is 5.69 Å². The average Bonchev–Trinajstić information content (AvgIpc) is 3.02. The molecule has 0 bridgehead atoms. The van der Waals surface area contributed by atoms with Crippen LogP contribution in [0.3, 0.4) is 0 Å². The van der Waals surface area contributed by atoms with E-state index in [1.165, 1.54) is 7.11 Å². The van der Waals surface area contributed by atoms with Crippen molar-refractivity contribution in [1.29, 1.82) is 0 Å². The monoisotopic (exact) mass is 370 g/mol. The van der Waals surface area contributed by atoms with Crippen molar-refractivity contribution >= 4 is 17.5 Å². The van der Waals surface area contributed by atoms with E-state index in [1.807, 2.05) is 6.07 Å². The zero-order valence-electron chi connectivity index (χ0n) is 15.6. The minimum absolute atomic E-state index is 0.158. The zero-order valence-corrected chi connectivity index (χ0v) is 15.6. The second-order valence-corrected chi connectivity index (χ2v) is 6.08. The van der Waals surface area contributed by atoms with Crippen molar-refractivity contribution in [2.45, 2.75) is 6.54 Å². The molecule has 0 spiro atoms. The van der Waals surface area contributed by atoms with Crippen molar-refractivity contribution in [3.05, 3.63) is 53.1 Å². The smallest absolute Gasteiger partial charge is 0.256 e. The van der Waals surface area contributed by atoms with Crippen LogP contribution in [0.25, 0.3) is 0 Å². The molecule has 0 fully saturated rings. The normalized spacial score (nSPS) is 12.7. The summed E-state index contributed by atoms with van der Waals surface area (Å²) in [6, 6.07) is 10.4. The Balaban J connectivity index is 1.86. The van der Waals surface area contributed by atoms with Crippen molar-refractivity contribution in [3.8, 4) is 11.5 Å². The minimum atomic E-state index is -0.364. The number of ether oxygens (including phenoxy) is 3. The highest BCUT2D eigenvalue weighted by Crippen LogP contribution is 2.31. The molecule has 0 radical (unpaired) electrons. The first kappa shape index (κ1) is 18.7. The Morgan fingerprint density at radius 1 is 1.15 bits per heavy atom. The van der Waals surface area contributed by atoms with Crippen LogP contribution >= 0.6 is 0 Å². The minimum Gasteiger partial charge on any atom is -0.497 e. The SMILES string of the molecule is COCCN1Cc2cccc(C(=O)Nc3ccc(OC)cc3OC)c2C1=O. The molecule has 3 rings (SSSR count). The fourth-order valence-corrected chi connectivity index (χ4v) is 3.08. The lowest BCUT2D eigenvalue weighted by atomic mass is 10.0. The predicted molar refractivity (Wildman–Crippen MR) is 101 cm³/mol. The number of carbonyl (C=O) groups is 2. The fourth-order valence-electron chi connectivity index (χ4n) is 3.08. The third-order valence-electron chi connectivity index (χ3n) is 4.48. The number of anilines is 1. The molecule has 2 aromatic rings. The molecule has 0 atom stereocenters. The topological polar surface area (TPSA) is 77.1 Å². The lowest BCUT2D eigenvalue weighted by Crippen LogP contribution is -2.28. The van der Waals surface area contributed by atoms with E-state index in [1.54, 1.807) is 49.5 Å². The van der Waals surface area contributed by atoms with Crippen LogP contribution in [0.5, 0.6) is 11.5 Å². The molecule has 1 aliphatic heterocycles. The Bertz CT molecular complexity index is 865. The number of carbonyl (C=O) groups excluding carboxylic acids is 2. The number of benzene rings is 2. The van der Waals surface area contributed by atoms with Gasteiger partial charge in [-0.2, -0.15) is 0 Å². The molecular formula is C20H22N2O5. The number of amides is 2. The third-order valence-corrected chi connectivity index (χ3v) is 4.48. The van der Waals surface area contributed by atoms with E-state index in [0.717, 1.165) is 5.56 Å². The first-order valence-electron chi connectivity index (χ1n) is 8.52. The van der Waals surface area contributed by atoms with Gasteiger partial charge < -0.3 is 24.4 Å². The molecule has 142 valence electrons. The number of hydrogen-bond donors (Lipinski definition) is 1. The van der Waals surface area contributed by atoms with Gasteiger partial charge in [-0.15, -0.1) is 0 Å². The van der Waals surface area contributed by atoms with Gasteiger partial charge in [-0.3, -0.25) is 9.59 Å². The van der Waals surface area contributed by atoms with Crippen LogP contribution in [0, 0.1) is 0 Å². The van der Waals surface area contributed by atoms with E-state index >= 15 is 0 Å². The summed E-state index contributed by atoms with van der Waals surface area (Å²) in [7, 11) is 4.66. The second kappa shape index (κ2) is 8.09. The lowest BCUT2D eigenvalue weighted by Gasteiger charge is -2.15. The number of nitrogens with one attached hydrogen (secondary N) is 1. The number of methoxy groups -OCH3 is 3. The summed E-state index contributed by atoms with van der Waals surface area (Å²) in [5, 5.41) is 2.82. The van der Waals surface area contributed by atoms with Crippen molar-refractivity contribution in [1.82, 2.24) is 4.90 Å². The van der Waals surface area contributed by atoms with E-state index in [9.17, 15) is 9.59 Å². The van der Waals surface area contributed by atoms with Gasteiger partial charge in [0.2, 0.25) is 0 Å². The highest BCUT2D eigenvalue weighted by atomic mass is 16.5. The number of nitrogens with zero attached hydrogens (tertiary/aromatic N) is 1. The maximum absolute atomic E-state index is 12.9. The zero-order chi connectivity index (χ0) is 19.4. The van der Waals surface area contributed by atoms with Gasteiger partial charge in [-0.25, -0.2) is 0 Å². The third kappa shape index (κ3) is 3.73. The average molecular weight is 370 g/mol. The summed E-state index contributed by atoms with van der Waals surface area (Å²) in [5.74, 6) is 0.574. The molecule has 7 nitrogen and oxygen atoms in total. The second-order valence-electron chi connectivity index (χ2n) is 6.08. The van der Waals surface area contributed by atoms with E-state index < -0.39 is 0 Å². The van der Waals surface area contributed by atoms with Gasteiger partial charge >= 0.3 is 0 Å². The Morgan fingerprint density at radius 2 is 1.96 bits per heavy atom. The van der Waals surface area contributed by atoms with Crippen LogP contribution in [-0.2, 0) is 11.3 Å². The Hall–Kier alpha value is -3.06. The van der Waals surface area contributed by atoms with Gasteiger partial charge in [0, 0.05) is 26.3 Å². The molecule has 0 aliphatic carbocycles. The van der Waals surface area contributed by atoms with Crippen molar-refractivity contribution in [3.63, 3.8) is 0 Å². The largest absolute Gasteiger partial charge is 0.497 e.